The lowest BCUT2D eigenvalue weighted by Crippen LogP contribution is -2.10. The van der Waals surface area contributed by atoms with Crippen LogP contribution in [0.1, 0.15) is 33.6 Å². The third kappa shape index (κ3) is 6.53. The number of carboxylic acid groups (broad SMARTS) is 1. The first-order valence-corrected chi connectivity index (χ1v) is 5.44. The van der Waals surface area contributed by atoms with Crippen molar-refractivity contribution in [1.82, 2.24) is 0 Å². The Morgan fingerprint density at radius 1 is 1.50 bits per heavy atom. The summed E-state index contributed by atoms with van der Waals surface area (Å²) in [6.45, 7) is 6.35. The molecule has 0 aromatic rings. The Morgan fingerprint density at radius 3 is 2.42 bits per heavy atom. The van der Waals surface area contributed by atoms with Gasteiger partial charge in [-0.3, -0.25) is 4.79 Å². The summed E-state index contributed by atoms with van der Waals surface area (Å²) >= 11 is 1.78. The first kappa shape index (κ1) is 11.8. The van der Waals surface area contributed by atoms with E-state index in [4.69, 9.17) is 5.11 Å². The summed E-state index contributed by atoms with van der Waals surface area (Å²) in [5.74, 6) is 1.03. The molecule has 0 radical (unpaired) electrons. The van der Waals surface area contributed by atoms with E-state index in [0.717, 1.165) is 12.2 Å². The number of carbonyl (C=O) groups is 1. The van der Waals surface area contributed by atoms with Gasteiger partial charge in [-0.2, -0.15) is 11.8 Å². The molecule has 12 heavy (non-hydrogen) atoms. The van der Waals surface area contributed by atoms with Gasteiger partial charge in [0.1, 0.15) is 0 Å². The Hall–Kier alpha value is -0.180. The lowest BCUT2D eigenvalue weighted by Gasteiger charge is -2.13. The summed E-state index contributed by atoms with van der Waals surface area (Å²) < 4.78 is 0. The predicted octanol–water partition coefficient (Wildman–Crippen LogP) is 2.63. The van der Waals surface area contributed by atoms with Crippen molar-refractivity contribution in [2.75, 3.05) is 5.75 Å². The number of carboxylic acids is 1. The summed E-state index contributed by atoms with van der Waals surface area (Å²) in [5, 5.41) is 8.86. The standard InChI is InChI=1S/C9H18O2S/c1-4-8(5-9(10)11)12-6-7(2)3/h7-8H,4-6H2,1-3H3,(H,10,11). The molecule has 3 heteroatoms. The van der Waals surface area contributed by atoms with Crippen LogP contribution in [0.3, 0.4) is 0 Å². The molecule has 0 heterocycles. The molecule has 0 aromatic carbocycles. The van der Waals surface area contributed by atoms with E-state index in [2.05, 4.69) is 13.8 Å². The highest BCUT2D eigenvalue weighted by molar-refractivity contribution is 7.99. The molecule has 0 aliphatic heterocycles. The maximum Gasteiger partial charge on any atom is 0.304 e. The molecular formula is C9H18O2S. The fourth-order valence-electron chi connectivity index (χ4n) is 0.844. The van der Waals surface area contributed by atoms with Gasteiger partial charge in [0.05, 0.1) is 6.42 Å². The molecule has 0 fully saturated rings. The fraction of sp³-hybridized carbons (Fsp3) is 0.889. The van der Waals surface area contributed by atoms with Crippen molar-refractivity contribution in [2.24, 2.45) is 5.92 Å². The first-order chi connectivity index (χ1) is 5.56. The minimum Gasteiger partial charge on any atom is -0.481 e. The molecule has 1 atom stereocenters. The molecule has 2 nitrogen and oxygen atoms in total. The van der Waals surface area contributed by atoms with Gasteiger partial charge in [-0.1, -0.05) is 20.8 Å². The van der Waals surface area contributed by atoms with Crippen molar-refractivity contribution in [3.05, 3.63) is 0 Å². The second-order valence-electron chi connectivity index (χ2n) is 3.36. The van der Waals surface area contributed by atoms with Crippen LogP contribution < -0.4 is 0 Å². The average molecular weight is 190 g/mol. The highest BCUT2D eigenvalue weighted by Crippen LogP contribution is 2.20. The number of hydrogen-bond donors (Lipinski definition) is 1. The van der Waals surface area contributed by atoms with Crippen LogP contribution in [0.2, 0.25) is 0 Å². The second kappa shape index (κ2) is 6.35. The van der Waals surface area contributed by atoms with Gasteiger partial charge in [-0.15, -0.1) is 0 Å². The number of rotatable bonds is 6. The van der Waals surface area contributed by atoms with Crippen LogP contribution >= 0.6 is 11.8 Å². The summed E-state index contributed by atoms with van der Waals surface area (Å²) in [7, 11) is 0. The van der Waals surface area contributed by atoms with Gasteiger partial charge in [-0.05, 0) is 18.1 Å². The first-order valence-electron chi connectivity index (χ1n) is 4.39. The molecule has 72 valence electrons. The van der Waals surface area contributed by atoms with Gasteiger partial charge in [0.15, 0.2) is 0 Å². The average Bonchev–Trinajstić information content (AvgIpc) is 1.97. The second-order valence-corrected chi connectivity index (χ2v) is 4.69. The molecule has 0 aliphatic carbocycles. The quantitative estimate of drug-likeness (QED) is 0.699. The maximum absolute atomic E-state index is 10.4. The van der Waals surface area contributed by atoms with E-state index in [0.29, 0.717) is 17.6 Å². The maximum atomic E-state index is 10.4. The Labute approximate surface area is 78.7 Å². The lowest BCUT2D eigenvalue weighted by molar-refractivity contribution is -0.136. The Bertz CT molecular complexity index is 134. The van der Waals surface area contributed by atoms with E-state index in [9.17, 15) is 4.79 Å². The molecular weight excluding hydrogens is 172 g/mol. The topological polar surface area (TPSA) is 37.3 Å². The minimum absolute atomic E-state index is 0.296. The fourth-order valence-corrected chi connectivity index (χ4v) is 2.00. The van der Waals surface area contributed by atoms with Crippen molar-refractivity contribution in [2.45, 2.75) is 38.9 Å². The third-order valence-electron chi connectivity index (χ3n) is 1.52. The number of hydrogen-bond acceptors (Lipinski definition) is 2. The van der Waals surface area contributed by atoms with E-state index in [1.54, 1.807) is 11.8 Å². The van der Waals surface area contributed by atoms with Crippen LogP contribution in [0.25, 0.3) is 0 Å². The van der Waals surface area contributed by atoms with E-state index in [1.807, 2.05) is 6.92 Å². The third-order valence-corrected chi connectivity index (χ3v) is 3.35. The summed E-state index contributed by atoms with van der Waals surface area (Å²) in [6.07, 6.45) is 1.25. The molecule has 1 unspecified atom stereocenters. The van der Waals surface area contributed by atoms with E-state index < -0.39 is 5.97 Å². The monoisotopic (exact) mass is 190 g/mol. The largest absolute Gasteiger partial charge is 0.481 e. The van der Waals surface area contributed by atoms with Crippen LogP contribution in [-0.2, 0) is 4.79 Å². The SMILES string of the molecule is CCC(CC(=O)O)SCC(C)C. The lowest BCUT2D eigenvalue weighted by atomic mass is 10.2. The Kier molecular flexibility index (Phi) is 6.25. The van der Waals surface area contributed by atoms with Crippen molar-refractivity contribution in [3.8, 4) is 0 Å². The van der Waals surface area contributed by atoms with Crippen molar-refractivity contribution >= 4 is 17.7 Å². The highest BCUT2D eigenvalue weighted by Gasteiger charge is 2.11. The minimum atomic E-state index is -0.682. The predicted molar refractivity (Wildman–Crippen MR) is 53.6 cm³/mol. The molecule has 0 bridgehead atoms. The van der Waals surface area contributed by atoms with Crippen molar-refractivity contribution in [1.29, 1.82) is 0 Å². The summed E-state index contributed by atoms with van der Waals surface area (Å²) in [4.78, 5) is 10.4. The van der Waals surface area contributed by atoms with Crippen molar-refractivity contribution < 1.29 is 9.90 Å². The molecule has 0 aromatic heterocycles. The van der Waals surface area contributed by atoms with Gasteiger partial charge >= 0.3 is 5.97 Å². The zero-order chi connectivity index (χ0) is 9.56. The van der Waals surface area contributed by atoms with E-state index >= 15 is 0 Å². The number of thioether (sulfide) groups is 1. The Balaban J connectivity index is 3.60. The van der Waals surface area contributed by atoms with Gasteiger partial charge < -0.3 is 5.11 Å². The summed E-state index contributed by atoms with van der Waals surface area (Å²) in [6, 6.07) is 0. The summed E-state index contributed by atoms with van der Waals surface area (Å²) in [5.41, 5.74) is 0. The van der Waals surface area contributed by atoms with Gasteiger partial charge in [0, 0.05) is 5.25 Å². The van der Waals surface area contributed by atoms with Gasteiger partial charge in [-0.25, -0.2) is 0 Å². The zero-order valence-electron chi connectivity index (χ0n) is 8.04. The Morgan fingerprint density at radius 2 is 2.08 bits per heavy atom. The molecule has 0 spiro atoms. The van der Waals surface area contributed by atoms with Crippen LogP contribution in [0.5, 0.6) is 0 Å². The normalized spacial score (nSPS) is 13.3. The van der Waals surface area contributed by atoms with Gasteiger partial charge in [0.2, 0.25) is 0 Å². The van der Waals surface area contributed by atoms with Crippen LogP contribution in [0.15, 0.2) is 0 Å². The van der Waals surface area contributed by atoms with Crippen LogP contribution in [0.4, 0.5) is 0 Å². The highest BCUT2D eigenvalue weighted by atomic mass is 32.2. The molecule has 0 saturated heterocycles. The molecule has 0 rings (SSSR count). The smallest absolute Gasteiger partial charge is 0.304 e. The molecule has 0 aliphatic rings. The molecule has 1 N–H and O–H groups in total. The van der Waals surface area contributed by atoms with E-state index in [-0.39, 0.29) is 0 Å². The molecule has 0 amide bonds. The zero-order valence-corrected chi connectivity index (χ0v) is 8.86. The van der Waals surface area contributed by atoms with Crippen molar-refractivity contribution in [3.63, 3.8) is 0 Å². The molecule has 0 saturated carbocycles. The number of aliphatic carboxylic acids is 1. The van der Waals surface area contributed by atoms with Crippen LogP contribution in [-0.4, -0.2) is 22.1 Å². The van der Waals surface area contributed by atoms with Gasteiger partial charge in [0.25, 0.3) is 0 Å². The van der Waals surface area contributed by atoms with E-state index in [1.165, 1.54) is 0 Å². The van der Waals surface area contributed by atoms with Crippen LogP contribution in [0, 0.1) is 5.92 Å².